The zero-order chi connectivity index (χ0) is 22.8. The number of para-hydroxylation sites is 1. The lowest BCUT2D eigenvalue weighted by Crippen LogP contribution is -2.18. The van der Waals surface area contributed by atoms with Crippen LogP contribution in [0.25, 0.3) is 16.9 Å². The quantitative estimate of drug-likeness (QED) is 0.400. The molecule has 0 aliphatic carbocycles. The van der Waals surface area contributed by atoms with Crippen LogP contribution in [0.5, 0.6) is 0 Å². The molecule has 1 amide bonds. The minimum Gasteiger partial charge on any atom is -0.382 e. The van der Waals surface area contributed by atoms with E-state index < -0.39 is 0 Å². The van der Waals surface area contributed by atoms with Crippen molar-refractivity contribution in [3.05, 3.63) is 54.3 Å². The first-order valence-electron chi connectivity index (χ1n) is 9.97. The van der Waals surface area contributed by atoms with Crippen LogP contribution in [-0.2, 0) is 4.79 Å². The fourth-order valence-corrected chi connectivity index (χ4v) is 4.09. The molecule has 2 aromatic heterocycles. The molecule has 2 aromatic carbocycles. The summed E-state index contributed by atoms with van der Waals surface area (Å²) in [5.41, 5.74) is 13.1. The minimum atomic E-state index is -0.331. The monoisotopic (exact) mass is 451 g/mol. The van der Waals surface area contributed by atoms with E-state index in [9.17, 15) is 9.18 Å². The number of carbonyl (C=O) groups is 1. The highest BCUT2D eigenvalue weighted by atomic mass is 32.2. The van der Waals surface area contributed by atoms with Gasteiger partial charge >= 0.3 is 0 Å². The Morgan fingerprint density at radius 3 is 2.44 bits per heavy atom. The van der Waals surface area contributed by atoms with Crippen LogP contribution in [0.3, 0.4) is 0 Å². The van der Waals surface area contributed by atoms with E-state index in [-0.39, 0.29) is 40.9 Å². The van der Waals surface area contributed by atoms with Gasteiger partial charge in [0.2, 0.25) is 5.91 Å². The van der Waals surface area contributed by atoms with Crippen molar-refractivity contribution in [3.8, 4) is 5.95 Å². The Labute approximate surface area is 188 Å². The topological polar surface area (TPSA) is 125 Å². The van der Waals surface area contributed by atoms with E-state index in [0.29, 0.717) is 21.9 Å². The van der Waals surface area contributed by atoms with Crippen LogP contribution in [-0.4, -0.2) is 25.7 Å². The van der Waals surface area contributed by atoms with E-state index in [4.69, 9.17) is 11.5 Å². The number of hydrogen-bond donors (Lipinski definition) is 3. The summed E-state index contributed by atoms with van der Waals surface area (Å²) in [6.45, 7) is 3.87. The van der Waals surface area contributed by atoms with Gasteiger partial charge in [-0.25, -0.2) is 4.39 Å². The third kappa shape index (κ3) is 4.35. The van der Waals surface area contributed by atoms with Crippen LogP contribution in [0.4, 0.5) is 21.7 Å². The number of amides is 1. The number of hydrogen-bond acceptors (Lipinski definition) is 7. The third-order valence-corrected chi connectivity index (χ3v) is 5.64. The van der Waals surface area contributed by atoms with E-state index in [2.05, 4.69) is 20.4 Å². The van der Waals surface area contributed by atoms with Crippen molar-refractivity contribution in [2.75, 3.05) is 16.8 Å². The summed E-state index contributed by atoms with van der Waals surface area (Å²) in [4.78, 5) is 21.2. The van der Waals surface area contributed by atoms with Crippen molar-refractivity contribution in [2.24, 2.45) is 5.92 Å². The molecule has 0 aliphatic heterocycles. The molecule has 0 saturated heterocycles. The van der Waals surface area contributed by atoms with Crippen molar-refractivity contribution >= 4 is 45.9 Å². The first-order chi connectivity index (χ1) is 15.3. The number of fused-ring (bicyclic) bond motifs is 1. The van der Waals surface area contributed by atoms with Gasteiger partial charge in [-0.3, -0.25) is 4.79 Å². The number of anilines is 3. The summed E-state index contributed by atoms with van der Waals surface area (Å²) in [6.07, 6.45) is 0.320. The van der Waals surface area contributed by atoms with Crippen LogP contribution in [0.2, 0.25) is 0 Å². The molecular weight excluding hydrogens is 429 g/mol. The van der Waals surface area contributed by atoms with Gasteiger partial charge in [0.05, 0.1) is 5.52 Å². The molecule has 8 nitrogen and oxygen atoms in total. The summed E-state index contributed by atoms with van der Waals surface area (Å²) in [5.74, 6) is -0.151. The maximum Gasteiger partial charge on any atom is 0.255 e. The molecule has 4 aromatic rings. The maximum atomic E-state index is 14.2. The molecule has 2 heterocycles. The van der Waals surface area contributed by atoms with Crippen molar-refractivity contribution in [1.82, 2.24) is 19.7 Å². The molecular formula is C22H22FN7OS. The van der Waals surface area contributed by atoms with Crippen LogP contribution in [0.15, 0.2) is 58.5 Å². The fourth-order valence-electron chi connectivity index (χ4n) is 3.16. The van der Waals surface area contributed by atoms with E-state index in [0.717, 1.165) is 5.39 Å². The maximum absolute atomic E-state index is 14.2. The van der Waals surface area contributed by atoms with Crippen molar-refractivity contribution in [3.63, 3.8) is 0 Å². The number of halogens is 1. The molecule has 0 fully saturated rings. The van der Waals surface area contributed by atoms with Gasteiger partial charge in [0.1, 0.15) is 16.5 Å². The van der Waals surface area contributed by atoms with E-state index in [1.165, 1.54) is 22.5 Å². The zero-order valence-electron chi connectivity index (χ0n) is 17.5. The molecule has 5 N–H and O–H groups in total. The van der Waals surface area contributed by atoms with Gasteiger partial charge in [0.15, 0.2) is 11.6 Å². The number of benzene rings is 2. The standard InChI is InChI=1S/C22H22FN7OS/c1-12(2)11-17(31)26-18-19(24)27-22(28-20(18)25)30-15-9-5-3-7-13(15)21(29-30)32-16-10-6-4-8-14(16)23/h3-10,12H,11H2,1-2H3,(H,26,31)(H4,24,25,27,28). The second-order valence-corrected chi connectivity index (χ2v) is 8.61. The van der Waals surface area contributed by atoms with Gasteiger partial charge in [-0.1, -0.05) is 55.9 Å². The van der Waals surface area contributed by atoms with Gasteiger partial charge in [-0.15, -0.1) is 0 Å². The zero-order valence-corrected chi connectivity index (χ0v) is 18.4. The first-order valence-corrected chi connectivity index (χ1v) is 10.8. The van der Waals surface area contributed by atoms with Crippen molar-refractivity contribution in [1.29, 1.82) is 0 Å². The summed E-state index contributed by atoms with van der Waals surface area (Å²) in [5, 5.41) is 8.66. The highest BCUT2D eigenvalue weighted by molar-refractivity contribution is 7.99. The van der Waals surface area contributed by atoms with Crippen LogP contribution >= 0.6 is 11.8 Å². The fraction of sp³-hybridized carbons (Fsp3) is 0.182. The van der Waals surface area contributed by atoms with Crippen molar-refractivity contribution < 1.29 is 9.18 Å². The van der Waals surface area contributed by atoms with Gasteiger partial charge in [-0.05, 0) is 24.1 Å². The number of carbonyl (C=O) groups excluding carboxylic acids is 1. The number of rotatable bonds is 6. The average molecular weight is 452 g/mol. The highest BCUT2D eigenvalue weighted by Gasteiger charge is 2.19. The molecule has 0 bridgehead atoms. The normalized spacial score (nSPS) is 11.2. The molecule has 10 heteroatoms. The number of aromatic nitrogens is 4. The van der Waals surface area contributed by atoms with E-state index in [1.54, 1.807) is 18.2 Å². The summed E-state index contributed by atoms with van der Waals surface area (Å²) in [7, 11) is 0. The molecule has 32 heavy (non-hydrogen) atoms. The molecule has 0 unspecified atom stereocenters. The number of nitrogens with two attached hydrogens (primary N) is 2. The predicted molar refractivity (Wildman–Crippen MR) is 124 cm³/mol. The average Bonchev–Trinajstić information content (AvgIpc) is 3.10. The molecule has 0 spiro atoms. The Hall–Kier alpha value is -3.66. The van der Waals surface area contributed by atoms with Crippen LogP contribution in [0, 0.1) is 11.7 Å². The second kappa shape index (κ2) is 8.83. The lowest BCUT2D eigenvalue weighted by atomic mass is 10.1. The first kappa shape index (κ1) is 21.6. The minimum absolute atomic E-state index is 0.0347. The second-order valence-electron chi connectivity index (χ2n) is 7.58. The van der Waals surface area contributed by atoms with Crippen LogP contribution in [0.1, 0.15) is 20.3 Å². The Morgan fingerprint density at radius 2 is 1.75 bits per heavy atom. The molecule has 0 aliphatic rings. The highest BCUT2D eigenvalue weighted by Crippen LogP contribution is 2.35. The van der Waals surface area contributed by atoms with Gasteiger partial charge in [0.25, 0.3) is 5.95 Å². The van der Waals surface area contributed by atoms with Crippen molar-refractivity contribution in [2.45, 2.75) is 30.2 Å². The molecule has 164 valence electrons. The van der Waals surface area contributed by atoms with E-state index >= 15 is 0 Å². The van der Waals surface area contributed by atoms with Crippen LogP contribution < -0.4 is 16.8 Å². The van der Waals surface area contributed by atoms with Gasteiger partial charge in [0, 0.05) is 16.7 Å². The number of nitrogens with zero attached hydrogens (tertiary/aromatic N) is 4. The Kier molecular flexibility index (Phi) is 5.95. The SMILES string of the molecule is CC(C)CC(=O)Nc1c(N)nc(-n2nc(Sc3ccccc3F)c3ccccc32)nc1N. The van der Waals surface area contributed by atoms with E-state index in [1.807, 2.05) is 38.1 Å². The summed E-state index contributed by atoms with van der Waals surface area (Å²) >= 11 is 1.20. The Morgan fingerprint density at radius 1 is 1.09 bits per heavy atom. The predicted octanol–water partition coefficient (Wildman–Crippen LogP) is 4.25. The lowest BCUT2D eigenvalue weighted by molar-refractivity contribution is -0.116. The number of nitrogen functional groups attached to an aromatic ring is 2. The van der Waals surface area contributed by atoms with Gasteiger partial charge < -0.3 is 16.8 Å². The largest absolute Gasteiger partial charge is 0.382 e. The lowest BCUT2D eigenvalue weighted by Gasteiger charge is -2.12. The molecule has 0 radical (unpaired) electrons. The molecule has 0 saturated carbocycles. The third-order valence-electron chi connectivity index (χ3n) is 4.60. The summed E-state index contributed by atoms with van der Waals surface area (Å²) in [6, 6.07) is 13.9. The number of nitrogens with one attached hydrogen (secondary N) is 1. The smallest absolute Gasteiger partial charge is 0.255 e. The Balaban J connectivity index is 1.74. The molecule has 4 rings (SSSR count). The molecule has 0 atom stereocenters. The Bertz CT molecular complexity index is 1280. The summed E-state index contributed by atoms with van der Waals surface area (Å²) < 4.78 is 15.7. The van der Waals surface area contributed by atoms with Gasteiger partial charge in [-0.2, -0.15) is 19.7 Å².